The highest BCUT2D eigenvalue weighted by molar-refractivity contribution is 7.80. The van der Waals surface area contributed by atoms with Gasteiger partial charge >= 0.3 is 0 Å². The summed E-state index contributed by atoms with van der Waals surface area (Å²) in [5, 5.41) is 0.0492. The number of rotatable bonds is 1. The second kappa shape index (κ2) is 5.29. The molecule has 0 radical (unpaired) electrons. The van der Waals surface area contributed by atoms with Gasteiger partial charge in [-0.25, -0.2) is 8.78 Å². The van der Waals surface area contributed by atoms with E-state index in [9.17, 15) is 8.78 Å². The fraction of sp³-hybridized carbons (Fsp3) is 0. The van der Waals surface area contributed by atoms with Crippen molar-refractivity contribution >= 4 is 48.5 Å². The van der Waals surface area contributed by atoms with Gasteiger partial charge in [0, 0.05) is 20.9 Å². The SMILES string of the molecule is Fc1ccc(S)cc1-c1c(F)cc(Cl)c(S)c1Cl. The molecule has 0 saturated carbocycles. The summed E-state index contributed by atoms with van der Waals surface area (Å²) in [6, 6.07) is 5.10. The Balaban J connectivity index is 2.79. The predicted octanol–water partition coefficient (Wildman–Crippen LogP) is 5.52. The monoisotopic (exact) mass is 322 g/mol. The summed E-state index contributed by atoms with van der Waals surface area (Å²) in [4.78, 5) is 0.705. The van der Waals surface area contributed by atoms with Crippen LogP contribution >= 0.6 is 48.5 Å². The highest BCUT2D eigenvalue weighted by Gasteiger charge is 2.18. The molecule has 0 aliphatic rings. The van der Waals surface area contributed by atoms with Crippen LogP contribution in [0.3, 0.4) is 0 Å². The number of hydrogen-bond donors (Lipinski definition) is 2. The van der Waals surface area contributed by atoms with Crippen molar-refractivity contribution in [2.45, 2.75) is 9.79 Å². The molecular formula is C12H6Cl2F2S2. The first-order valence-electron chi connectivity index (χ1n) is 4.77. The zero-order valence-corrected chi connectivity index (χ0v) is 12.0. The van der Waals surface area contributed by atoms with Gasteiger partial charge in [-0.05, 0) is 24.3 Å². The van der Waals surface area contributed by atoms with Gasteiger partial charge in [-0.1, -0.05) is 23.2 Å². The van der Waals surface area contributed by atoms with Gasteiger partial charge < -0.3 is 0 Å². The minimum atomic E-state index is -0.708. The van der Waals surface area contributed by atoms with Gasteiger partial charge in [0.2, 0.25) is 0 Å². The van der Waals surface area contributed by atoms with Crippen molar-refractivity contribution in [2.75, 3.05) is 0 Å². The van der Waals surface area contributed by atoms with Crippen LogP contribution in [0.1, 0.15) is 0 Å². The third-order valence-electron chi connectivity index (χ3n) is 2.37. The zero-order valence-electron chi connectivity index (χ0n) is 8.72. The molecule has 0 nitrogen and oxygen atoms in total. The van der Waals surface area contributed by atoms with E-state index in [0.29, 0.717) is 4.90 Å². The van der Waals surface area contributed by atoms with Crippen LogP contribution in [0.5, 0.6) is 0 Å². The molecule has 0 spiro atoms. The summed E-state index contributed by atoms with van der Waals surface area (Å²) in [5.41, 5.74) is -0.0450. The largest absolute Gasteiger partial charge is 0.206 e. The molecule has 0 aliphatic carbocycles. The maximum atomic E-state index is 13.9. The topological polar surface area (TPSA) is 0 Å². The van der Waals surface area contributed by atoms with Crippen molar-refractivity contribution in [1.82, 2.24) is 0 Å². The summed E-state index contributed by atoms with van der Waals surface area (Å²) in [6.45, 7) is 0. The van der Waals surface area contributed by atoms with Crippen molar-refractivity contribution in [3.63, 3.8) is 0 Å². The predicted molar refractivity (Wildman–Crippen MR) is 76.3 cm³/mol. The van der Waals surface area contributed by atoms with E-state index in [4.69, 9.17) is 23.2 Å². The van der Waals surface area contributed by atoms with Gasteiger partial charge in [0.05, 0.1) is 10.0 Å². The summed E-state index contributed by atoms with van der Waals surface area (Å²) in [6.07, 6.45) is 0. The van der Waals surface area contributed by atoms with Crippen molar-refractivity contribution < 1.29 is 8.78 Å². The smallest absolute Gasteiger partial charge is 0.134 e. The lowest BCUT2D eigenvalue weighted by molar-refractivity contribution is 0.615. The van der Waals surface area contributed by atoms with Gasteiger partial charge in [-0.15, -0.1) is 25.3 Å². The van der Waals surface area contributed by atoms with Gasteiger partial charge in [0.15, 0.2) is 0 Å². The van der Waals surface area contributed by atoms with Crippen molar-refractivity contribution in [3.05, 3.63) is 45.9 Å². The number of thiol groups is 2. The third kappa shape index (κ3) is 2.48. The van der Waals surface area contributed by atoms with Crippen LogP contribution in [0, 0.1) is 11.6 Å². The summed E-state index contributed by atoms with van der Waals surface area (Å²) < 4.78 is 27.6. The van der Waals surface area contributed by atoms with Gasteiger partial charge in [0.1, 0.15) is 11.6 Å². The Kier molecular flexibility index (Phi) is 4.11. The van der Waals surface area contributed by atoms with E-state index in [-0.39, 0.29) is 26.1 Å². The average Bonchev–Trinajstić information content (AvgIpc) is 2.31. The first kappa shape index (κ1) is 14.0. The maximum Gasteiger partial charge on any atom is 0.134 e. The molecule has 0 aromatic heterocycles. The zero-order chi connectivity index (χ0) is 13.4. The van der Waals surface area contributed by atoms with Crippen molar-refractivity contribution in [3.8, 4) is 11.1 Å². The molecule has 0 amide bonds. The Bertz CT molecular complexity index is 630. The van der Waals surface area contributed by atoms with Crippen molar-refractivity contribution in [2.24, 2.45) is 0 Å². The highest BCUT2D eigenvalue weighted by atomic mass is 35.5. The highest BCUT2D eigenvalue weighted by Crippen LogP contribution is 2.40. The quantitative estimate of drug-likeness (QED) is 0.635. The van der Waals surface area contributed by atoms with E-state index >= 15 is 0 Å². The standard InChI is InChI=1S/C12H6Cl2F2S2/c13-7-4-9(16)10(11(14)12(7)18)6-3-5(17)1-2-8(6)15/h1-4,17-18H. The minimum Gasteiger partial charge on any atom is -0.206 e. The number of halogens is 4. The normalized spacial score (nSPS) is 10.8. The van der Waals surface area contributed by atoms with E-state index in [1.807, 2.05) is 0 Å². The molecule has 2 aromatic carbocycles. The molecular weight excluding hydrogens is 317 g/mol. The maximum absolute atomic E-state index is 13.9. The number of benzene rings is 2. The van der Waals surface area contributed by atoms with Gasteiger partial charge in [-0.2, -0.15) is 0 Å². The molecule has 0 N–H and O–H groups in total. The minimum absolute atomic E-state index is 0.0250. The van der Waals surface area contributed by atoms with E-state index in [1.165, 1.54) is 18.2 Å². The van der Waals surface area contributed by atoms with Crippen LogP contribution in [-0.4, -0.2) is 0 Å². The Morgan fingerprint density at radius 2 is 1.61 bits per heavy atom. The number of hydrogen-bond acceptors (Lipinski definition) is 2. The average molecular weight is 323 g/mol. The molecule has 6 heteroatoms. The molecule has 0 saturated heterocycles. The van der Waals surface area contributed by atoms with Crippen LogP contribution < -0.4 is 0 Å². The molecule has 0 fully saturated rings. The lowest BCUT2D eigenvalue weighted by atomic mass is 10.0. The Morgan fingerprint density at radius 3 is 2.28 bits per heavy atom. The lowest BCUT2D eigenvalue weighted by Gasteiger charge is -2.11. The molecule has 0 atom stereocenters. The fourth-order valence-electron chi connectivity index (χ4n) is 1.53. The van der Waals surface area contributed by atoms with Crippen LogP contribution in [0.15, 0.2) is 34.1 Å². The molecule has 2 rings (SSSR count). The molecule has 94 valence electrons. The van der Waals surface area contributed by atoms with Gasteiger partial charge in [-0.3, -0.25) is 0 Å². The Morgan fingerprint density at radius 1 is 0.944 bits per heavy atom. The van der Waals surface area contributed by atoms with E-state index in [2.05, 4.69) is 25.3 Å². The second-order valence-corrected chi connectivity index (χ2v) is 5.29. The lowest BCUT2D eigenvalue weighted by Crippen LogP contribution is -1.92. The molecule has 2 aromatic rings. The summed E-state index contributed by atoms with van der Waals surface area (Å²) >= 11 is 19.9. The van der Waals surface area contributed by atoms with Crippen LogP contribution in [0.4, 0.5) is 8.78 Å². The molecule has 18 heavy (non-hydrogen) atoms. The molecule has 0 aliphatic heterocycles. The molecule has 0 bridgehead atoms. The molecule has 0 unspecified atom stereocenters. The Labute approximate surface area is 124 Å². The summed E-state index contributed by atoms with van der Waals surface area (Å²) in [5.74, 6) is -1.30. The first-order valence-corrected chi connectivity index (χ1v) is 6.42. The van der Waals surface area contributed by atoms with E-state index in [0.717, 1.165) is 6.07 Å². The summed E-state index contributed by atoms with van der Waals surface area (Å²) in [7, 11) is 0. The van der Waals surface area contributed by atoms with Crippen molar-refractivity contribution in [1.29, 1.82) is 0 Å². The third-order valence-corrected chi connectivity index (χ3v) is 4.05. The Hall–Kier alpha value is -0.420. The fourth-order valence-corrected chi connectivity index (χ4v) is 2.44. The van der Waals surface area contributed by atoms with E-state index < -0.39 is 11.6 Å². The van der Waals surface area contributed by atoms with Gasteiger partial charge in [0.25, 0.3) is 0 Å². The van der Waals surface area contributed by atoms with Crippen LogP contribution in [0.2, 0.25) is 10.0 Å². The molecule has 0 heterocycles. The van der Waals surface area contributed by atoms with Crippen LogP contribution in [-0.2, 0) is 0 Å². The second-order valence-electron chi connectivity index (χ2n) is 3.54. The van der Waals surface area contributed by atoms with Crippen LogP contribution in [0.25, 0.3) is 11.1 Å². The first-order chi connectivity index (χ1) is 8.41. The van der Waals surface area contributed by atoms with E-state index in [1.54, 1.807) is 0 Å².